The standard InChI is InChI=1S/C16H15N3O5S/c1-23-12-4-2-3-11(9-12)10-17-25(21,22)16-8-6-14(24-16)13-5-7-15(20)19-18-13/h2-9,17H,10H2,1H3,(H,19,20). The first-order chi connectivity index (χ1) is 12.0. The van der Waals surface area contributed by atoms with E-state index in [1.807, 2.05) is 0 Å². The third-order valence-corrected chi connectivity index (χ3v) is 4.65. The van der Waals surface area contributed by atoms with Crippen LogP contribution in [0.3, 0.4) is 0 Å². The van der Waals surface area contributed by atoms with E-state index in [-0.39, 0.29) is 23.0 Å². The van der Waals surface area contributed by atoms with Gasteiger partial charge in [-0.25, -0.2) is 18.2 Å². The Bertz CT molecular complexity index is 1020. The Hall–Kier alpha value is -2.91. The third kappa shape index (κ3) is 3.95. The van der Waals surface area contributed by atoms with E-state index >= 15 is 0 Å². The number of benzene rings is 1. The molecule has 0 spiro atoms. The van der Waals surface area contributed by atoms with E-state index in [1.54, 1.807) is 31.4 Å². The number of H-pyrrole nitrogens is 1. The number of hydrogen-bond donors (Lipinski definition) is 2. The lowest BCUT2D eigenvalue weighted by molar-refractivity contribution is 0.414. The first kappa shape index (κ1) is 16.9. The quantitative estimate of drug-likeness (QED) is 0.688. The lowest BCUT2D eigenvalue weighted by Gasteiger charge is -2.06. The van der Waals surface area contributed by atoms with Crippen molar-refractivity contribution in [1.82, 2.24) is 14.9 Å². The fraction of sp³-hybridized carbons (Fsp3) is 0.125. The molecule has 0 aliphatic heterocycles. The minimum atomic E-state index is -3.83. The van der Waals surface area contributed by atoms with E-state index in [9.17, 15) is 13.2 Å². The fourth-order valence-electron chi connectivity index (χ4n) is 2.12. The van der Waals surface area contributed by atoms with E-state index in [1.165, 1.54) is 24.3 Å². The van der Waals surface area contributed by atoms with Crippen LogP contribution in [0.1, 0.15) is 5.56 Å². The van der Waals surface area contributed by atoms with Gasteiger partial charge in [-0.2, -0.15) is 5.10 Å². The molecule has 0 bridgehead atoms. The number of aromatic nitrogens is 2. The molecule has 2 heterocycles. The van der Waals surface area contributed by atoms with Crippen molar-refractivity contribution in [1.29, 1.82) is 0 Å². The van der Waals surface area contributed by atoms with Gasteiger partial charge < -0.3 is 9.15 Å². The summed E-state index contributed by atoms with van der Waals surface area (Å²) >= 11 is 0. The van der Waals surface area contributed by atoms with Gasteiger partial charge in [0.25, 0.3) is 15.6 Å². The molecular formula is C16H15N3O5S. The summed E-state index contributed by atoms with van der Waals surface area (Å²) in [6.45, 7) is 0.0898. The summed E-state index contributed by atoms with van der Waals surface area (Å²) in [5, 5.41) is 5.82. The molecule has 3 aromatic rings. The van der Waals surface area contributed by atoms with Crippen molar-refractivity contribution in [2.45, 2.75) is 11.6 Å². The second-order valence-electron chi connectivity index (χ2n) is 5.10. The Morgan fingerprint density at radius 3 is 2.76 bits per heavy atom. The molecule has 0 saturated carbocycles. The van der Waals surface area contributed by atoms with Gasteiger partial charge in [-0.1, -0.05) is 12.1 Å². The Morgan fingerprint density at radius 2 is 2.04 bits per heavy atom. The SMILES string of the molecule is COc1cccc(CNS(=O)(=O)c2ccc(-c3ccc(=O)[nH]n3)o2)c1. The van der Waals surface area contributed by atoms with Crippen LogP contribution >= 0.6 is 0 Å². The predicted molar refractivity (Wildman–Crippen MR) is 89.6 cm³/mol. The Labute approximate surface area is 143 Å². The molecule has 8 nitrogen and oxygen atoms in total. The molecule has 0 atom stereocenters. The summed E-state index contributed by atoms with van der Waals surface area (Å²) in [4.78, 5) is 11.0. The topological polar surface area (TPSA) is 114 Å². The Balaban J connectivity index is 1.76. The van der Waals surface area contributed by atoms with Crippen molar-refractivity contribution in [2.24, 2.45) is 0 Å². The number of nitrogens with one attached hydrogen (secondary N) is 2. The molecule has 0 radical (unpaired) electrons. The molecule has 2 N–H and O–H groups in total. The maximum Gasteiger partial charge on any atom is 0.274 e. The number of nitrogens with zero attached hydrogens (tertiary/aromatic N) is 1. The Morgan fingerprint density at radius 1 is 1.20 bits per heavy atom. The summed E-state index contributed by atoms with van der Waals surface area (Å²) in [5.74, 6) is 0.874. The molecule has 0 fully saturated rings. The van der Waals surface area contributed by atoms with Gasteiger partial charge >= 0.3 is 0 Å². The highest BCUT2D eigenvalue weighted by Crippen LogP contribution is 2.22. The number of rotatable bonds is 6. The van der Waals surface area contributed by atoms with Crippen molar-refractivity contribution < 1.29 is 17.6 Å². The van der Waals surface area contributed by atoms with Gasteiger partial charge in [0.2, 0.25) is 5.09 Å². The molecule has 0 amide bonds. The van der Waals surface area contributed by atoms with Gasteiger partial charge in [0.1, 0.15) is 11.4 Å². The monoisotopic (exact) mass is 361 g/mol. The van der Waals surface area contributed by atoms with Crippen molar-refractivity contribution in [3.05, 3.63) is 64.4 Å². The number of sulfonamides is 1. The van der Waals surface area contributed by atoms with Crippen LogP contribution in [-0.2, 0) is 16.6 Å². The van der Waals surface area contributed by atoms with Crippen LogP contribution in [0.5, 0.6) is 5.75 Å². The van der Waals surface area contributed by atoms with Crippen molar-refractivity contribution in [3.63, 3.8) is 0 Å². The number of furan rings is 1. The van der Waals surface area contributed by atoms with E-state index < -0.39 is 10.0 Å². The molecular weight excluding hydrogens is 346 g/mol. The van der Waals surface area contributed by atoms with Crippen LogP contribution in [-0.4, -0.2) is 25.7 Å². The number of methoxy groups -OCH3 is 1. The predicted octanol–water partition coefficient (Wildman–Crippen LogP) is 1.52. The first-order valence-electron chi connectivity index (χ1n) is 7.26. The van der Waals surface area contributed by atoms with Gasteiger partial charge in [-0.05, 0) is 35.9 Å². The van der Waals surface area contributed by atoms with E-state index in [4.69, 9.17) is 9.15 Å². The average Bonchev–Trinajstić information content (AvgIpc) is 3.12. The minimum Gasteiger partial charge on any atom is -0.497 e. The lowest BCUT2D eigenvalue weighted by atomic mass is 10.2. The van der Waals surface area contributed by atoms with Crippen LogP contribution in [0.4, 0.5) is 0 Å². The van der Waals surface area contributed by atoms with Crippen molar-refractivity contribution >= 4 is 10.0 Å². The molecule has 2 aromatic heterocycles. The molecule has 130 valence electrons. The highest BCUT2D eigenvalue weighted by Gasteiger charge is 2.19. The molecule has 9 heteroatoms. The van der Waals surface area contributed by atoms with Gasteiger partial charge in [-0.3, -0.25) is 4.79 Å². The minimum absolute atomic E-state index is 0.0898. The number of ether oxygens (including phenoxy) is 1. The summed E-state index contributed by atoms with van der Waals surface area (Å²) in [5.41, 5.74) is 0.717. The smallest absolute Gasteiger partial charge is 0.274 e. The molecule has 0 aliphatic carbocycles. The summed E-state index contributed by atoms with van der Waals surface area (Å²) in [6, 6.07) is 12.6. The lowest BCUT2D eigenvalue weighted by Crippen LogP contribution is -2.22. The highest BCUT2D eigenvalue weighted by molar-refractivity contribution is 7.89. The van der Waals surface area contributed by atoms with Gasteiger partial charge in [0.15, 0.2) is 5.76 Å². The van der Waals surface area contributed by atoms with E-state index in [0.717, 1.165) is 5.56 Å². The Kier molecular flexibility index (Phi) is 4.68. The third-order valence-electron chi connectivity index (χ3n) is 3.38. The second kappa shape index (κ2) is 6.91. The maximum atomic E-state index is 12.3. The van der Waals surface area contributed by atoms with Gasteiger partial charge in [-0.15, -0.1) is 0 Å². The number of aromatic amines is 1. The van der Waals surface area contributed by atoms with Crippen LogP contribution in [0.15, 0.2) is 62.8 Å². The van der Waals surface area contributed by atoms with Crippen LogP contribution in [0.2, 0.25) is 0 Å². The van der Waals surface area contributed by atoms with Gasteiger partial charge in [0.05, 0.1) is 7.11 Å². The van der Waals surface area contributed by atoms with Crippen molar-refractivity contribution in [3.8, 4) is 17.2 Å². The summed E-state index contributed by atoms with van der Waals surface area (Å²) < 4.78 is 37.6. The first-order valence-corrected chi connectivity index (χ1v) is 8.75. The normalized spacial score (nSPS) is 11.4. The fourth-order valence-corrected chi connectivity index (χ4v) is 3.06. The van der Waals surface area contributed by atoms with Crippen LogP contribution < -0.4 is 15.0 Å². The zero-order valence-electron chi connectivity index (χ0n) is 13.2. The molecule has 0 unspecified atom stereocenters. The molecule has 1 aromatic carbocycles. The average molecular weight is 361 g/mol. The molecule has 0 saturated heterocycles. The zero-order valence-corrected chi connectivity index (χ0v) is 14.0. The van der Waals surface area contributed by atoms with Gasteiger partial charge in [0, 0.05) is 12.6 Å². The van der Waals surface area contributed by atoms with Crippen LogP contribution in [0.25, 0.3) is 11.5 Å². The van der Waals surface area contributed by atoms with E-state index in [0.29, 0.717) is 11.4 Å². The largest absolute Gasteiger partial charge is 0.497 e. The summed E-state index contributed by atoms with van der Waals surface area (Å²) in [6.07, 6.45) is 0. The van der Waals surface area contributed by atoms with Crippen molar-refractivity contribution in [2.75, 3.05) is 7.11 Å². The van der Waals surface area contributed by atoms with E-state index in [2.05, 4.69) is 14.9 Å². The number of hydrogen-bond acceptors (Lipinski definition) is 6. The second-order valence-corrected chi connectivity index (χ2v) is 6.80. The highest BCUT2D eigenvalue weighted by atomic mass is 32.2. The van der Waals surface area contributed by atoms with Crippen LogP contribution in [0, 0.1) is 0 Å². The maximum absolute atomic E-state index is 12.3. The zero-order chi connectivity index (χ0) is 17.9. The summed E-state index contributed by atoms with van der Waals surface area (Å²) in [7, 11) is -2.29. The molecule has 25 heavy (non-hydrogen) atoms. The molecule has 3 rings (SSSR count). The molecule has 0 aliphatic rings.